The quantitative estimate of drug-likeness (QED) is 0.486. The second-order valence-corrected chi connectivity index (χ2v) is 7.09. The molecule has 3 atom stereocenters. The minimum absolute atomic E-state index is 0.716. The maximum absolute atomic E-state index is 2.62. The molecule has 0 N–H and O–H groups in total. The van der Waals surface area contributed by atoms with E-state index in [9.17, 15) is 0 Å². The van der Waals surface area contributed by atoms with E-state index < -0.39 is 0 Å². The fourth-order valence-corrected chi connectivity index (χ4v) is 4.22. The second kappa shape index (κ2) is 5.14. The Balaban J connectivity index is 2.05. The van der Waals surface area contributed by atoms with Crippen molar-refractivity contribution in [3.05, 3.63) is 35.9 Å². The minimum Gasteiger partial charge on any atom is -0.0826 e. The lowest BCUT2D eigenvalue weighted by Crippen LogP contribution is -2.03. The number of halogens is 2. The van der Waals surface area contributed by atoms with Crippen molar-refractivity contribution in [1.82, 2.24) is 0 Å². The van der Waals surface area contributed by atoms with Crippen molar-refractivity contribution < 1.29 is 0 Å². The molecule has 1 aliphatic rings. The maximum atomic E-state index is 2.62. The van der Waals surface area contributed by atoms with Gasteiger partial charge in [0.15, 0.2) is 0 Å². The Morgan fingerprint density at radius 1 is 1.14 bits per heavy atom. The Kier molecular flexibility index (Phi) is 4.10. The molecule has 1 aliphatic carbocycles. The van der Waals surface area contributed by atoms with E-state index >= 15 is 0 Å². The molecule has 0 heterocycles. The molecule has 1 fully saturated rings. The summed E-state index contributed by atoms with van der Waals surface area (Å²) in [6.07, 6.45) is 4.23. The SMILES string of the molecule is IC1CCC(C(I)c2ccccc2)C1. The van der Waals surface area contributed by atoms with Crippen molar-refractivity contribution in [2.75, 3.05) is 0 Å². The van der Waals surface area contributed by atoms with Crippen LogP contribution in [0.2, 0.25) is 0 Å². The molecule has 1 aromatic rings. The predicted molar refractivity (Wildman–Crippen MR) is 78.4 cm³/mol. The van der Waals surface area contributed by atoms with Crippen molar-refractivity contribution in [2.45, 2.75) is 27.1 Å². The summed E-state index contributed by atoms with van der Waals surface area (Å²) in [5.41, 5.74) is 1.50. The molecule has 0 bridgehead atoms. The van der Waals surface area contributed by atoms with E-state index in [4.69, 9.17) is 0 Å². The van der Waals surface area contributed by atoms with Gasteiger partial charge in [-0.15, -0.1) is 0 Å². The molecule has 0 aliphatic heterocycles. The Morgan fingerprint density at radius 2 is 1.86 bits per heavy atom. The summed E-state index contributed by atoms with van der Waals surface area (Å²) >= 11 is 5.21. The van der Waals surface area contributed by atoms with E-state index in [1.54, 1.807) is 0 Å². The Labute approximate surface area is 113 Å². The topological polar surface area (TPSA) is 0 Å². The van der Waals surface area contributed by atoms with Gasteiger partial charge in [0, 0.05) is 7.85 Å². The molecular weight excluding hydrogens is 398 g/mol. The van der Waals surface area contributed by atoms with Crippen LogP contribution in [-0.4, -0.2) is 3.92 Å². The van der Waals surface area contributed by atoms with Gasteiger partial charge in [-0.25, -0.2) is 0 Å². The van der Waals surface area contributed by atoms with Crippen molar-refractivity contribution in [1.29, 1.82) is 0 Å². The molecule has 2 heteroatoms. The summed E-state index contributed by atoms with van der Waals surface area (Å²) in [5, 5.41) is 0. The molecule has 1 saturated carbocycles. The van der Waals surface area contributed by atoms with Gasteiger partial charge < -0.3 is 0 Å². The molecule has 3 unspecified atom stereocenters. The van der Waals surface area contributed by atoms with Crippen LogP contribution >= 0.6 is 45.2 Å². The standard InChI is InChI=1S/C12H14I2/c13-11-7-6-10(8-11)12(14)9-4-2-1-3-5-9/h1-5,10-12H,6-8H2. The summed E-state index contributed by atoms with van der Waals surface area (Å²) in [4.78, 5) is 0. The normalized spacial score (nSPS) is 29.0. The van der Waals surface area contributed by atoms with Crippen LogP contribution in [0.5, 0.6) is 0 Å². The third-order valence-electron chi connectivity index (χ3n) is 2.94. The third kappa shape index (κ3) is 2.62. The Bertz CT molecular complexity index is 284. The lowest BCUT2D eigenvalue weighted by atomic mass is 9.98. The van der Waals surface area contributed by atoms with E-state index in [2.05, 4.69) is 75.5 Å². The first kappa shape index (κ1) is 11.2. The molecule has 0 saturated heterocycles. The average molecular weight is 412 g/mol. The smallest absolute Gasteiger partial charge is 0.0388 e. The monoisotopic (exact) mass is 412 g/mol. The fourth-order valence-electron chi connectivity index (χ4n) is 2.13. The van der Waals surface area contributed by atoms with E-state index in [-0.39, 0.29) is 0 Å². The molecule has 2 rings (SSSR count). The van der Waals surface area contributed by atoms with Gasteiger partial charge in [-0.2, -0.15) is 0 Å². The van der Waals surface area contributed by atoms with Gasteiger partial charge in [-0.05, 0) is 30.7 Å². The highest BCUT2D eigenvalue weighted by Gasteiger charge is 2.28. The fraction of sp³-hybridized carbons (Fsp3) is 0.500. The van der Waals surface area contributed by atoms with Gasteiger partial charge >= 0.3 is 0 Å². The summed E-state index contributed by atoms with van der Waals surface area (Å²) in [5.74, 6) is 0.903. The van der Waals surface area contributed by atoms with E-state index in [0.29, 0.717) is 3.92 Å². The Morgan fingerprint density at radius 3 is 2.43 bits per heavy atom. The molecule has 0 spiro atoms. The molecule has 0 amide bonds. The summed E-state index contributed by atoms with van der Waals surface area (Å²) in [7, 11) is 0. The van der Waals surface area contributed by atoms with Gasteiger partial charge in [-0.3, -0.25) is 0 Å². The maximum Gasteiger partial charge on any atom is 0.0388 e. The van der Waals surface area contributed by atoms with Gasteiger partial charge in [0.1, 0.15) is 0 Å². The van der Waals surface area contributed by atoms with E-state index in [1.807, 2.05) is 0 Å². The molecule has 0 radical (unpaired) electrons. The van der Waals surface area contributed by atoms with Crippen LogP contribution in [0.3, 0.4) is 0 Å². The zero-order valence-corrected chi connectivity index (χ0v) is 12.3. The van der Waals surface area contributed by atoms with Crippen molar-refractivity contribution in [3.63, 3.8) is 0 Å². The van der Waals surface area contributed by atoms with Crippen LogP contribution in [0, 0.1) is 5.92 Å². The van der Waals surface area contributed by atoms with Gasteiger partial charge in [0.25, 0.3) is 0 Å². The van der Waals surface area contributed by atoms with Crippen molar-refractivity contribution >= 4 is 45.2 Å². The van der Waals surface area contributed by atoms with Crippen LogP contribution in [0.25, 0.3) is 0 Å². The number of alkyl halides is 2. The third-order valence-corrected chi connectivity index (χ3v) is 5.81. The van der Waals surface area contributed by atoms with Crippen molar-refractivity contribution in [3.8, 4) is 0 Å². The molecule has 76 valence electrons. The highest BCUT2D eigenvalue weighted by molar-refractivity contribution is 14.1. The number of benzene rings is 1. The summed E-state index contributed by atoms with van der Waals surface area (Å²) in [6.45, 7) is 0. The van der Waals surface area contributed by atoms with Gasteiger partial charge in [0.2, 0.25) is 0 Å². The highest BCUT2D eigenvalue weighted by Crippen LogP contribution is 2.43. The lowest BCUT2D eigenvalue weighted by Gasteiger charge is -2.17. The largest absolute Gasteiger partial charge is 0.0826 e. The zero-order chi connectivity index (χ0) is 9.97. The van der Waals surface area contributed by atoms with E-state index in [0.717, 1.165) is 9.84 Å². The molecule has 0 aromatic heterocycles. The average Bonchev–Trinajstić information content (AvgIpc) is 2.65. The van der Waals surface area contributed by atoms with E-state index in [1.165, 1.54) is 24.8 Å². The summed E-state index contributed by atoms with van der Waals surface area (Å²) in [6, 6.07) is 10.9. The predicted octanol–water partition coefficient (Wildman–Crippen LogP) is 4.77. The number of hydrogen-bond donors (Lipinski definition) is 0. The first-order chi connectivity index (χ1) is 6.77. The van der Waals surface area contributed by atoms with Crippen LogP contribution in [0.4, 0.5) is 0 Å². The van der Waals surface area contributed by atoms with Crippen LogP contribution in [-0.2, 0) is 0 Å². The number of rotatable bonds is 2. The zero-order valence-electron chi connectivity index (χ0n) is 8.00. The van der Waals surface area contributed by atoms with Crippen LogP contribution in [0.1, 0.15) is 28.8 Å². The lowest BCUT2D eigenvalue weighted by molar-refractivity contribution is 0.552. The molecule has 1 aromatic carbocycles. The van der Waals surface area contributed by atoms with Crippen LogP contribution in [0.15, 0.2) is 30.3 Å². The Hall–Kier alpha value is 0.680. The van der Waals surface area contributed by atoms with Crippen LogP contribution < -0.4 is 0 Å². The number of hydrogen-bond acceptors (Lipinski definition) is 0. The second-order valence-electron chi connectivity index (χ2n) is 3.98. The molecule has 14 heavy (non-hydrogen) atoms. The van der Waals surface area contributed by atoms with Gasteiger partial charge in [-0.1, -0.05) is 75.5 Å². The first-order valence-electron chi connectivity index (χ1n) is 5.10. The minimum atomic E-state index is 0.716. The van der Waals surface area contributed by atoms with Crippen molar-refractivity contribution in [2.24, 2.45) is 5.92 Å². The molecule has 0 nitrogen and oxygen atoms in total. The highest BCUT2D eigenvalue weighted by atomic mass is 127. The first-order valence-corrected chi connectivity index (χ1v) is 7.59. The summed E-state index contributed by atoms with van der Waals surface area (Å²) < 4.78 is 1.63. The molecular formula is C12H14I2. The van der Waals surface area contributed by atoms with Gasteiger partial charge in [0.05, 0.1) is 0 Å².